The third-order valence-electron chi connectivity index (χ3n) is 9.96. The molecule has 1 unspecified atom stereocenters. The molecule has 14 heteroatoms. The van der Waals surface area contributed by atoms with Crippen LogP contribution in [-0.4, -0.2) is 118 Å². The van der Waals surface area contributed by atoms with Crippen LogP contribution < -0.4 is 10.6 Å². The number of nitrogens with zero attached hydrogens (tertiary/aromatic N) is 5. The number of hydrogen-bond donors (Lipinski definition) is 2. The van der Waals surface area contributed by atoms with Crippen LogP contribution in [-0.2, 0) is 9.53 Å². The molecule has 5 aromatic rings. The second-order valence-corrected chi connectivity index (χ2v) is 15.0. The van der Waals surface area contributed by atoms with Crippen LogP contribution in [0.25, 0.3) is 33.1 Å². The first kappa shape index (κ1) is 38.1. The predicted octanol–water partition coefficient (Wildman–Crippen LogP) is 4.93. The Labute approximate surface area is 324 Å². The van der Waals surface area contributed by atoms with Crippen LogP contribution >= 0.6 is 0 Å². The topological polar surface area (TPSA) is 167 Å². The van der Waals surface area contributed by atoms with Gasteiger partial charge < -0.3 is 29.6 Å². The lowest BCUT2D eigenvalue weighted by atomic mass is 9.99. The van der Waals surface area contributed by atoms with E-state index in [2.05, 4.69) is 25.5 Å². The number of piperazine rings is 1. The highest BCUT2D eigenvalue weighted by Gasteiger charge is 2.37. The van der Waals surface area contributed by atoms with Gasteiger partial charge in [-0.05, 0) is 87.2 Å². The van der Waals surface area contributed by atoms with Crippen LogP contribution in [0.1, 0.15) is 65.0 Å². The molecule has 3 aromatic carbocycles. The fourth-order valence-corrected chi connectivity index (χ4v) is 7.08. The summed E-state index contributed by atoms with van der Waals surface area (Å²) < 4.78 is 11.2. The van der Waals surface area contributed by atoms with Gasteiger partial charge in [0, 0.05) is 63.0 Å². The predicted molar refractivity (Wildman–Crippen MR) is 209 cm³/mol. The van der Waals surface area contributed by atoms with Crippen molar-refractivity contribution in [3.05, 3.63) is 96.0 Å². The quantitative estimate of drug-likeness (QED) is 0.187. The molecule has 56 heavy (non-hydrogen) atoms. The van der Waals surface area contributed by atoms with E-state index >= 15 is 0 Å². The average Bonchev–Trinajstić information content (AvgIpc) is 3.87. The van der Waals surface area contributed by atoms with Crippen molar-refractivity contribution >= 4 is 51.6 Å². The molecule has 4 heterocycles. The second kappa shape index (κ2) is 16.3. The van der Waals surface area contributed by atoms with Gasteiger partial charge in [-0.1, -0.05) is 30.3 Å². The zero-order valence-electron chi connectivity index (χ0n) is 31.7. The number of nitrogens with one attached hydrogen (secondary N) is 2. The number of benzene rings is 3. The first-order valence-electron chi connectivity index (χ1n) is 18.9. The maximum Gasteiger partial charge on any atom is 0.410 e. The van der Waals surface area contributed by atoms with Crippen molar-refractivity contribution in [1.82, 2.24) is 35.3 Å². The molecule has 0 aliphatic carbocycles. The lowest BCUT2D eigenvalue weighted by molar-refractivity contribution is -0.130. The van der Waals surface area contributed by atoms with Crippen molar-refractivity contribution in [2.75, 3.05) is 52.4 Å². The summed E-state index contributed by atoms with van der Waals surface area (Å²) in [6.45, 7) is 9.27. The number of oxazole rings is 1. The monoisotopic (exact) mass is 759 g/mol. The third-order valence-corrected chi connectivity index (χ3v) is 9.96. The van der Waals surface area contributed by atoms with Crippen LogP contribution in [0.4, 0.5) is 4.79 Å². The summed E-state index contributed by atoms with van der Waals surface area (Å²) in [4.78, 5) is 79.9. The lowest BCUT2D eigenvalue weighted by Crippen LogP contribution is -2.51. The van der Waals surface area contributed by atoms with E-state index in [4.69, 9.17) is 9.15 Å². The molecule has 14 nitrogen and oxygen atoms in total. The number of carbonyl (C=O) groups excluding carboxylic acids is 5. The van der Waals surface area contributed by atoms with Crippen molar-refractivity contribution in [3.8, 4) is 11.1 Å². The molecular weight excluding hydrogens is 715 g/mol. The van der Waals surface area contributed by atoms with Crippen LogP contribution in [0.3, 0.4) is 0 Å². The van der Waals surface area contributed by atoms with E-state index in [9.17, 15) is 24.0 Å². The summed E-state index contributed by atoms with van der Waals surface area (Å²) in [5.41, 5.74) is 3.53. The van der Waals surface area contributed by atoms with E-state index in [1.54, 1.807) is 47.5 Å². The molecule has 2 saturated heterocycles. The Morgan fingerprint density at radius 2 is 1.62 bits per heavy atom. The Bertz CT molecular complexity index is 2260. The van der Waals surface area contributed by atoms with Gasteiger partial charge in [-0.15, -0.1) is 0 Å². The lowest BCUT2D eigenvalue weighted by Gasteiger charge is -2.35. The van der Waals surface area contributed by atoms with Crippen LogP contribution in [0, 0.1) is 0 Å². The summed E-state index contributed by atoms with van der Waals surface area (Å²) in [6.07, 6.45) is 2.36. The molecule has 2 aliphatic rings. The molecule has 0 bridgehead atoms. The molecule has 0 saturated carbocycles. The fourth-order valence-electron chi connectivity index (χ4n) is 7.08. The Morgan fingerprint density at radius 3 is 2.41 bits per heavy atom. The number of likely N-dealkylation sites (tertiary alicyclic amines) is 1. The first-order chi connectivity index (χ1) is 26.9. The first-order valence-corrected chi connectivity index (χ1v) is 18.9. The summed E-state index contributed by atoms with van der Waals surface area (Å²) in [5, 5.41) is 6.33. The minimum atomic E-state index is -0.719. The van der Waals surface area contributed by atoms with Gasteiger partial charge in [-0.2, -0.15) is 0 Å². The maximum absolute atomic E-state index is 13.5. The zero-order valence-corrected chi connectivity index (χ0v) is 31.7. The molecule has 2 fully saturated rings. The normalized spacial score (nSPS) is 16.2. The molecule has 0 radical (unpaired) electrons. The second-order valence-electron chi connectivity index (χ2n) is 15.0. The van der Waals surface area contributed by atoms with Crippen molar-refractivity contribution in [1.29, 1.82) is 0 Å². The van der Waals surface area contributed by atoms with Gasteiger partial charge in [0.25, 0.3) is 17.7 Å². The maximum atomic E-state index is 13.5. The fraction of sp³-hybridized carbons (Fsp3) is 0.357. The number of fused-ring (bicyclic) bond motifs is 2. The van der Waals surface area contributed by atoms with Gasteiger partial charge >= 0.3 is 6.09 Å². The molecule has 0 spiro atoms. The number of pyridine rings is 1. The number of rotatable bonds is 10. The van der Waals surface area contributed by atoms with Crippen molar-refractivity contribution in [2.45, 2.75) is 45.3 Å². The van der Waals surface area contributed by atoms with Gasteiger partial charge in [0.1, 0.15) is 17.2 Å². The van der Waals surface area contributed by atoms with E-state index in [0.29, 0.717) is 91.8 Å². The largest absolute Gasteiger partial charge is 0.444 e. The van der Waals surface area contributed by atoms with Crippen molar-refractivity contribution in [3.63, 3.8) is 0 Å². The summed E-state index contributed by atoms with van der Waals surface area (Å²) >= 11 is 0. The van der Waals surface area contributed by atoms with E-state index in [0.717, 1.165) is 11.1 Å². The summed E-state index contributed by atoms with van der Waals surface area (Å²) in [6, 6.07) is 20.8. The Hall–Kier alpha value is -6.15. The summed E-state index contributed by atoms with van der Waals surface area (Å²) in [5.74, 6) is -1.43. The molecular formula is C42H45N7O7. The Balaban J connectivity index is 0.951. The SMILES string of the molecule is CC(C)(C)OC(=O)N1CCN(CCNC(=O)c2cccc(-c3ccc4nccc(C(=O)NCC(=O)N5CCCC5C(=O)c5nc6ccccc6o5)c4c3)c2)CC1. The number of hydrogen-bond acceptors (Lipinski definition) is 10. The molecule has 1 atom stereocenters. The number of Topliss-reactive ketones (excluding diaryl/α,β-unsaturated/α-hetero) is 1. The number of para-hydroxylation sites is 2. The highest BCUT2D eigenvalue weighted by atomic mass is 16.6. The zero-order chi connectivity index (χ0) is 39.4. The van der Waals surface area contributed by atoms with Crippen LogP contribution in [0.2, 0.25) is 0 Å². The number of amides is 4. The van der Waals surface area contributed by atoms with E-state index in [1.165, 1.54) is 4.90 Å². The van der Waals surface area contributed by atoms with Gasteiger partial charge in [0.05, 0.1) is 17.6 Å². The van der Waals surface area contributed by atoms with Gasteiger partial charge in [0.15, 0.2) is 5.58 Å². The van der Waals surface area contributed by atoms with E-state index < -0.39 is 17.6 Å². The highest BCUT2D eigenvalue weighted by molar-refractivity contribution is 6.08. The van der Waals surface area contributed by atoms with Crippen LogP contribution in [0.15, 0.2) is 83.4 Å². The summed E-state index contributed by atoms with van der Waals surface area (Å²) in [7, 11) is 0. The Morgan fingerprint density at radius 1 is 0.839 bits per heavy atom. The molecule has 4 amide bonds. The van der Waals surface area contributed by atoms with Gasteiger partial charge in [0.2, 0.25) is 11.7 Å². The smallest absolute Gasteiger partial charge is 0.410 e. The molecule has 7 rings (SSSR count). The minimum Gasteiger partial charge on any atom is -0.444 e. The third kappa shape index (κ3) is 8.70. The number of carbonyl (C=O) groups is 5. The minimum absolute atomic E-state index is 0.0335. The molecule has 2 aromatic heterocycles. The van der Waals surface area contributed by atoms with Crippen molar-refractivity contribution in [2.24, 2.45) is 0 Å². The highest BCUT2D eigenvalue weighted by Crippen LogP contribution is 2.27. The average molecular weight is 760 g/mol. The number of aromatic nitrogens is 2. The molecule has 290 valence electrons. The number of ether oxygens (including phenoxy) is 1. The van der Waals surface area contributed by atoms with Crippen molar-refractivity contribution < 1.29 is 33.1 Å². The molecule has 2 N–H and O–H groups in total. The van der Waals surface area contributed by atoms with E-state index in [-0.39, 0.29) is 36.1 Å². The van der Waals surface area contributed by atoms with E-state index in [1.807, 2.05) is 57.2 Å². The standard InChI is InChI=1S/C42H45N7O7/c1-42(2,3)56-41(54)48-22-20-47(21-23-48)19-17-44-38(52)29-9-6-8-27(24-29)28-13-14-32-31(25-28)30(15-16-43-32)39(53)45-26-36(50)49-18-7-11-34(49)37(51)40-46-33-10-4-5-12-35(33)55-40/h4-6,8-10,12-16,24-25,34H,7,11,17-23,26H2,1-3H3,(H,44,52)(H,45,53). The van der Waals surface area contributed by atoms with Gasteiger partial charge in [-0.3, -0.25) is 29.1 Å². The van der Waals surface area contributed by atoms with Crippen LogP contribution in [0.5, 0.6) is 0 Å². The number of ketones is 1. The Kier molecular flexibility index (Phi) is 11.1. The van der Waals surface area contributed by atoms with Gasteiger partial charge in [-0.25, -0.2) is 9.78 Å². The molecule has 2 aliphatic heterocycles.